The molecule has 0 radical (unpaired) electrons. The van der Waals surface area contributed by atoms with Gasteiger partial charge in [-0.05, 0) is 12.1 Å². The maximum atomic E-state index is 7.75. The predicted octanol–water partition coefficient (Wildman–Crippen LogP) is 0.0190. The van der Waals surface area contributed by atoms with Crippen LogP contribution < -0.4 is 5.73 Å². The van der Waals surface area contributed by atoms with Gasteiger partial charge in [-0.3, -0.25) is 4.98 Å². The molecule has 0 saturated heterocycles. The van der Waals surface area contributed by atoms with Gasteiger partial charge < -0.3 is 10.8 Å². The lowest BCUT2D eigenvalue weighted by Crippen LogP contribution is -2.02. The lowest BCUT2D eigenvalue weighted by Gasteiger charge is -1.71. The van der Waals surface area contributed by atoms with Crippen LogP contribution in [0.25, 0.3) is 0 Å². The van der Waals surface area contributed by atoms with E-state index in [1.165, 1.54) is 0 Å². The molecule has 3 nitrogen and oxygen atoms in total. The topological polar surface area (TPSA) is 59.1 Å². The summed E-state index contributed by atoms with van der Waals surface area (Å²) in [6.45, 7) is 0.472. The summed E-state index contributed by atoms with van der Waals surface area (Å²) in [6.07, 6.45) is 3.50. The van der Waals surface area contributed by atoms with E-state index < -0.39 is 0 Å². The second-order valence-corrected chi connectivity index (χ2v) is 1.54. The molecule has 0 aliphatic heterocycles. The van der Waals surface area contributed by atoms with E-state index in [1.54, 1.807) is 12.4 Å². The number of hydrogen-bond donors (Lipinski definition) is 2. The average Bonchev–Trinajstić information content (AvgIpc) is 2.08. The highest BCUT2D eigenvalue weighted by Gasteiger charge is 1.58. The summed E-state index contributed by atoms with van der Waals surface area (Å²) in [5.74, 6) is 0. The first kappa shape index (κ1) is 9.07. The van der Waals surface area contributed by atoms with Crippen LogP contribution in [-0.4, -0.2) is 23.2 Å². The van der Waals surface area contributed by atoms with Crippen LogP contribution >= 0.6 is 0 Å². The van der Waals surface area contributed by atoms with Crippen molar-refractivity contribution in [1.29, 1.82) is 0 Å². The lowest BCUT2D eigenvalue weighted by molar-refractivity contribution is 0.306. The molecule has 0 unspecified atom stereocenters. The molecule has 0 bridgehead atoms. The second kappa shape index (κ2) is 8.07. The Morgan fingerprint density at radius 1 is 1.20 bits per heavy atom. The molecule has 1 rings (SSSR count). The van der Waals surface area contributed by atoms with E-state index in [4.69, 9.17) is 10.8 Å². The number of rotatable bonds is 1. The number of aliphatic hydroxyl groups excluding tert-OH is 1. The Morgan fingerprint density at radius 3 is 1.80 bits per heavy atom. The van der Waals surface area contributed by atoms with Gasteiger partial charge in [-0.1, -0.05) is 6.07 Å². The zero-order chi connectivity index (χ0) is 7.66. The van der Waals surface area contributed by atoms with Crippen LogP contribution in [0.15, 0.2) is 30.6 Å². The van der Waals surface area contributed by atoms with Crippen molar-refractivity contribution in [2.75, 3.05) is 13.2 Å². The minimum Gasteiger partial charge on any atom is -0.395 e. The summed E-state index contributed by atoms with van der Waals surface area (Å²) in [5, 5.41) is 7.75. The van der Waals surface area contributed by atoms with Crippen molar-refractivity contribution in [3.63, 3.8) is 0 Å². The van der Waals surface area contributed by atoms with E-state index in [-0.39, 0.29) is 6.61 Å². The highest BCUT2D eigenvalue weighted by molar-refractivity contribution is 4.88. The highest BCUT2D eigenvalue weighted by atomic mass is 16.3. The van der Waals surface area contributed by atoms with Crippen molar-refractivity contribution < 1.29 is 5.11 Å². The van der Waals surface area contributed by atoms with E-state index in [0.717, 1.165) is 0 Å². The Hall–Kier alpha value is -0.930. The third-order valence-corrected chi connectivity index (χ3v) is 0.696. The van der Waals surface area contributed by atoms with Crippen LogP contribution in [0.3, 0.4) is 0 Å². The molecule has 1 aromatic rings. The summed E-state index contributed by atoms with van der Waals surface area (Å²) in [4.78, 5) is 3.78. The highest BCUT2D eigenvalue weighted by Crippen LogP contribution is 1.73. The van der Waals surface area contributed by atoms with Crippen LogP contribution in [0.5, 0.6) is 0 Å². The molecule has 56 valence electrons. The Labute approximate surface area is 60.5 Å². The van der Waals surface area contributed by atoms with Gasteiger partial charge in [-0.15, -0.1) is 0 Å². The fourth-order valence-electron chi connectivity index (χ4n) is 0.313. The van der Waals surface area contributed by atoms with Gasteiger partial charge in [0, 0.05) is 18.9 Å². The van der Waals surface area contributed by atoms with E-state index in [0.29, 0.717) is 6.54 Å². The number of nitrogens with two attached hydrogens (primary N) is 1. The molecule has 0 aliphatic rings. The molecule has 0 fully saturated rings. The molecular weight excluding hydrogens is 128 g/mol. The monoisotopic (exact) mass is 140 g/mol. The van der Waals surface area contributed by atoms with Gasteiger partial charge >= 0.3 is 0 Å². The van der Waals surface area contributed by atoms with Gasteiger partial charge in [-0.25, -0.2) is 0 Å². The predicted molar refractivity (Wildman–Crippen MR) is 40.4 cm³/mol. The van der Waals surface area contributed by atoms with Crippen LogP contribution in [-0.2, 0) is 0 Å². The van der Waals surface area contributed by atoms with Crippen molar-refractivity contribution >= 4 is 0 Å². The Balaban J connectivity index is 0.000000180. The molecule has 0 saturated carbocycles. The van der Waals surface area contributed by atoms with E-state index >= 15 is 0 Å². The zero-order valence-electron chi connectivity index (χ0n) is 5.77. The average molecular weight is 140 g/mol. The third kappa shape index (κ3) is 7.07. The Kier molecular flexibility index (Phi) is 7.32. The summed E-state index contributed by atoms with van der Waals surface area (Å²) in [6, 6.07) is 5.72. The fourth-order valence-corrected chi connectivity index (χ4v) is 0.313. The standard InChI is InChI=1S/C5H5N.C2H7NO/c1-2-4-6-5-3-1;3-1-2-4/h1-5H;4H,1-3H2. The molecular formula is C7H12N2O. The van der Waals surface area contributed by atoms with Crippen LogP contribution in [0.2, 0.25) is 0 Å². The van der Waals surface area contributed by atoms with Gasteiger partial charge in [0.1, 0.15) is 0 Å². The molecule has 3 heteroatoms. The van der Waals surface area contributed by atoms with Gasteiger partial charge in [0.25, 0.3) is 0 Å². The third-order valence-electron chi connectivity index (χ3n) is 0.696. The molecule has 1 heterocycles. The summed E-state index contributed by atoms with van der Waals surface area (Å²) in [5.41, 5.74) is 4.78. The number of aromatic nitrogens is 1. The second-order valence-electron chi connectivity index (χ2n) is 1.54. The van der Waals surface area contributed by atoms with E-state index in [2.05, 4.69) is 4.98 Å². The van der Waals surface area contributed by atoms with Crippen molar-refractivity contribution in [3.8, 4) is 0 Å². The first-order chi connectivity index (χ1) is 4.91. The van der Waals surface area contributed by atoms with E-state index in [9.17, 15) is 0 Å². The minimum atomic E-state index is 0.0972. The molecule has 10 heavy (non-hydrogen) atoms. The fraction of sp³-hybridized carbons (Fsp3) is 0.286. The molecule has 0 amide bonds. The molecule has 1 aromatic heterocycles. The smallest absolute Gasteiger partial charge is 0.0553 e. The van der Waals surface area contributed by atoms with Crippen molar-refractivity contribution in [1.82, 2.24) is 4.98 Å². The van der Waals surface area contributed by atoms with Gasteiger partial charge in [0.05, 0.1) is 6.61 Å². The largest absolute Gasteiger partial charge is 0.395 e. The van der Waals surface area contributed by atoms with Crippen LogP contribution in [0.4, 0.5) is 0 Å². The quantitative estimate of drug-likeness (QED) is 0.578. The summed E-state index contributed by atoms with van der Waals surface area (Å²) < 4.78 is 0. The number of aliphatic hydroxyl groups is 1. The Bertz CT molecular complexity index is 104. The number of pyridine rings is 1. The zero-order valence-corrected chi connectivity index (χ0v) is 5.77. The molecule has 0 atom stereocenters. The SMILES string of the molecule is NCCO.c1ccncc1. The van der Waals surface area contributed by atoms with Gasteiger partial charge in [0.15, 0.2) is 0 Å². The molecule has 0 aliphatic carbocycles. The Morgan fingerprint density at radius 2 is 1.70 bits per heavy atom. The first-order valence-corrected chi connectivity index (χ1v) is 3.07. The van der Waals surface area contributed by atoms with Crippen molar-refractivity contribution in [2.45, 2.75) is 0 Å². The van der Waals surface area contributed by atoms with Gasteiger partial charge in [-0.2, -0.15) is 0 Å². The first-order valence-electron chi connectivity index (χ1n) is 3.07. The molecule has 0 aromatic carbocycles. The van der Waals surface area contributed by atoms with Crippen molar-refractivity contribution in [2.24, 2.45) is 5.73 Å². The van der Waals surface area contributed by atoms with Crippen molar-refractivity contribution in [3.05, 3.63) is 30.6 Å². The number of nitrogens with zero attached hydrogens (tertiary/aromatic N) is 1. The molecule has 0 spiro atoms. The molecule has 3 N–H and O–H groups in total. The summed E-state index contributed by atoms with van der Waals surface area (Å²) in [7, 11) is 0. The lowest BCUT2D eigenvalue weighted by atomic mass is 10.5. The summed E-state index contributed by atoms with van der Waals surface area (Å²) >= 11 is 0. The number of hydrogen-bond acceptors (Lipinski definition) is 3. The maximum absolute atomic E-state index is 7.75. The van der Waals surface area contributed by atoms with Crippen LogP contribution in [0, 0.1) is 0 Å². The normalized spacial score (nSPS) is 7.80. The van der Waals surface area contributed by atoms with Gasteiger partial charge in [0.2, 0.25) is 0 Å². The van der Waals surface area contributed by atoms with E-state index in [1.807, 2.05) is 18.2 Å². The minimum absolute atomic E-state index is 0.0972. The van der Waals surface area contributed by atoms with Crippen LogP contribution in [0.1, 0.15) is 0 Å². The maximum Gasteiger partial charge on any atom is 0.0553 e.